The van der Waals surface area contributed by atoms with Gasteiger partial charge in [0.15, 0.2) is 0 Å². The summed E-state index contributed by atoms with van der Waals surface area (Å²) >= 11 is 0. The molecule has 1 atom stereocenters. The Morgan fingerprint density at radius 2 is 1.66 bits per heavy atom. The molecule has 1 heterocycles. The number of rotatable bonds is 7. The van der Waals surface area contributed by atoms with E-state index in [0.29, 0.717) is 38.3 Å². The molecule has 174 valence electrons. The van der Waals surface area contributed by atoms with Gasteiger partial charge in [-0.3, -0.25) is 4.79 Å². The average Bonchev–Trinajstić information content (AvgIpc) is 2.77. The molecule has 1 aliphatic rings. The predicted molar refractivity (Wildman–Crippen MR) is 126 cm³/mol. The minimum absolute atomic E-state index is 0.00626. The van der Waals surface area contributed by atoms with Crippen LogP contribution in [0.4, 0.5) is 0 Å². The number of carbonyl (C=O) groups is 1. The second kappa shape index (κ2) is 10.0. The third kappa shape index (κ3) is 5.33. The third-order valence-electron chi connectivity index (χ3n) is 6.30. The molecule has 2 aromatic carbocycles. The second-order valence-electron chi connectivity index (χ2n) is 8.61. The zero-order valence-corrected chi connectivity index (χ0v) is 20.5. The van der Waals surface area contributed by atoms with Crippen LogP contribution in [0.15, 0.2) is 41.3 Å². The zero-order valence-electron chi connectivity index (χ0n) is 19.6. The molecule has 0 aliphatic carbocycles. The molecule has 1 amide bonds. The van der Waals surface area contributed by atoms with Gasteiger partial charge in [0.05, 0.1) is 17.5 Å². The number of hydrogen-bond donors (Lipinski definition) is 1. The van der Waals surface area contributed by atoms with Crippen molar-refractivity contribution < 1.29 is 17.9 Å². The fraction of sp³-hybridized carbons (Fsp3) is 0.480. The number of benzene rings is 2. The first-order valence-electron chi connectivity index (χ1n) is 11.2. The number of nitrogens with one attached hydrogen (secondary N) is 1. The van der Waals surface area contributed by atoms with Gasteiger partial charge >= 0.3 is 0 Å². The fourth-order valence-corrected chi connectivity index (χ4v) is 5.71. The molecular formula is C25H34N2O4S. The van der Waals surface area contributed by atoms with Gasteiger partial charge in [-0.25, -0.2) is 8.42 Å². The van der Waals surface area contributed by atoms with E-state index in [4.69, 9.17) is 4.74 Å². The van der Waals surface area contributed by atoms with Crippen LogP contribution in [0.3, 0.4) is 0 Å². The molecule has 0 radical (unpaired) electrons. The lowest BCUT2D eigenvalue weighted by Crippen LogP contribution is -2.43. The van der Waals surface area contributed by atoms with Gasteiger partial charge in [0.2, 0.25) is 15.9 Å². The summed E-state index contributed by atoms with van der Waals surface area (Å²) in [6, 6.07) is 10.7. The number of nitrogens with zero attached hydrogens (tertiary/aromatic N) is 1. The monoisotopic (exact) mass is 458 g/mol. The molecule has 1 N–H and O–H groups in total. The number of amides is 1. The van der Waals surface area contributed by atoms with Gasteiger partial charge in [-0.1, -0.05) is 12.1 Å². The topological polar surface area (TPSA) is 75.7 Å². The van der Waals surface area contributed by atoms with Crippen LogP contribution in [0.5, 0.6) is 5.75 Å². The van der Waals surface area contributed by atoms with Gasteiger partial charge < -0.3 is 10.1 Å². The van der Waals surface area contributed by atoms with Crippen LogP contribution in [0.1, 0.15) is 55.0 Å². The molecule has 0 unspecified atom stereocenters. The van der Waals surface area contributed by atoms with E-state index in [1.165, 1.54) is 15.4 Å². The maximum absolute atomic E-state index is 13.0. The lowest BCUT2D eigenvalue weighted by molar-refractivity contribution is -0.126. The second-order valence-corrected chi connectivity index (χ2v) is 10.5. The summed E-state index contributed by atoms with van der Waals surface area (Å²) in [6.07, 6.45) is 1.03. The van der Waals surface area contributed by atoms with Gasteiger partial charge in [0.25, 0.3) is 0 Å². The van der Waals surface area contributed by atoms with E-state index < -0.39 is 10.0 Å². The van der Waals surface area contributed by atoms with Gasteiger partial charge in [0.1, 0.15) is 5.75 Å². The highest BCUT2D eigenvalue weighted by molar-refractivity contribution is 7.89. The van der Waals surface area contributed by atoms with Crippen molar-refractivity contribution in [1.29, 1.82) is 0 Å². The highest BCUT2D eigenvalue weighted by Gasteiger charge is 2.32. The molecule has 0 saturated carbocycles. The molecule has 0 aromatic heterocycles. The average molecular weight is 459 g/mol. The Hall–Kier alpha value is -2.38. The molecule has 32 heavy (non-hydrogen) atoms. The first-order chi connectivity index (χ1) is 15.1. The Morgan fingerprint density at radius 3 is 2.25 bits per heavy atom. The Labute approximate surface area is 192 Å². The number of piperidine rings is 1. The van der Waals surface area contributed by atoms with Crippen LogP contribution < -0.4 is 10.1 Å². The van der Waals surface area contributed by atoms with E-state index >= 15 is 0 Å². The number of hydrogen-bond acceptors (Lipinski definition) is 4. The minimum atomic E-state index is -3.58. The molecule has 1 aliphatic heterocycles. The fourth-order valence-electron chi connectivity index (χ4n) is 4.24. The maximum atomic E-state index is 13.0. The van der Waals surface area contributed by atoms with Crippen molar-refractivity contribution >= 4 is 15.9 Å². The van der Waals surface area contributed by atoms with Crippen molar-refractivity contribution in [3.63, 3.8) is 0 Å². The van der Waals surface area contributed by atoms with Gasteiger partial charge in [-0.2, -0.15) is 4.31 Å². The lowest BCUT2D eigenvalue weighted by Gasteiger charge is -2.31. The first-order valence-corrected chi connectivity index (χ1v) is 12.7. The Bertz CT molecular complexity index is 1060. The summed E-state index contributed by atoms with van der Waals surface area (Å²) < 4.78 is 32.8. The van der Waals surface area contributed by atoms with Crippen molar-refractivity contribution in [2.45, 2.75) is 58.4 Å². The summed E-state index contributed by atoms with van der Waals surface area (Å²) in [5.74, 6) is 0.458. The minimum Gasteiger partial charge on any atom is -0.494 e. The van der Waals surface area contributed by atoms with Crippen LogP contribution in [0, 0.1) is 26.7 Å². The molecule has 0 bridgehead atoms. The largest absolute Gasteiger partial charge is 0.494 e. The molecule has 1 fully saturated rings. The van der Waals surface area contributed by atoms with Crippen molar-refractivity contribution in [1.82, 2.24) is 9.62 Å². The predicted octanol–water partition coefficient (Wildman–Crippen LogP) is 4.29. The molecule has 1 saturated heterocycles. The van der Waals surface area contributed by atoms with E-state index in [0.717, 1.165) is 11.1 Å². The Balaban J connectivity index is 1.60. The Morgan fingerprint density at radius 1 is 1.06 bits per heavy atom. The summed E-state index contributed by atoms with van der Waals surface area (Å²) in [5.41, 5.74) is 4.74. The SMILES string of the molecule is CCOc1ccc(S(=O)(=O)N2CCC(C(=O)N[C@H](C)c3cc(C)c(C)cc3C)CC2)cc1. The summed E-state index contributed by atoms with van der Waals surface area (Å²) in [7, 11) is -3.58. The number of carbonyl (C=O) groups excluding carboxylic acids is 1. The van der Waals surface area contributed by atoms with E-state index in [1.807, 2.05) is 13.8 Å². The maximum Gasteiger partial charge on any atom is 0.243 e. The summed E-state index contributed by atoms with van der Waals surface area (Å²) in [4.78, 5) is 13.1. The summed E-state index contributed by atoms with van der Waals surface area (Å²) in [5, 5.41) is 3.14. The van der Waals surface area contributed by atoms with Crippen LogP contribution in [-0.2, 0) is 14.8 Å². The van der Waals surface area contributed by atoms with Crippen LogP contribution in [0.2, 0.25) is 0 Å². The van der Waals surface area contributed by atoms with Crippen LogP contribution in [0.25, 0.3) is 0 Å². The smallest absolute Gasteiger partial charge is 0.243 e. The quantitative estimate of drug-likeness (QED) is 0.672. The number of sulfonamides is 1. The van der Waals surface area contributed by atoms with Crippen molar-refractivity contribution in [3.8, 4) is 5.75 Å². The van der Waals surface area contributed by atoms with Crippen LogP contribution >= 0.6 is 0 Å². The molecular weight excluding hydrogens is 424 g/mol. The highest BCUT2D eigenvalue weighted by Crippen LogP contribution is 2.27. The van der Waals surface area contributed by atoms with E-state index in [-0.39, 0.29) is 22.8 Å². The lowest BCUT2D eigenvalue weighted by atomic mass is 9.94. The first kappa shape index (κ1) is 24.3. The van der Waals surface area contributed by atoms with Crippen LogP contribution in [-0.4, -0.2) is 38.3 Å². The molecule has 0 spiro atoms. The van der Waals surface area contributed by atoms with Gasteiger partial charge in [-0.15, -0.1) is 0 Å². The number of aryl methyl sites for hydroxylation is 3. The van der Waals surface area contributed by atoms with Crippen molar-refractivity contribution in [3.05, 3.63) is 58.7 Å². The van der Waals surface area contributed by atoms with Crippen molar-refractivity contribution in [2.24, 2.45) is 5.92 Å². The molecule has 3 rings (SSSR count). The molecule has 7 heteroatoms. The van der Waals surface area contributed by atoms with Gasteiger partial charge in [-0.05, 0) is 94.0 Å². The number of ether oxygens (including phenoxy) is 1. The Kier molecular flexibility index (Phi) is 7.62. The molecule has 6 nitrogen and oxygen atoms in total. The van der Waals surface area contributed by atoms with E-state index in [9.17, 15) is 13.2 Å². The van der Waals surface area contributed by atoms with E-state index in [1.54, 1.807) is 24.3 Å². The zero-order chi connectivity index (χ0) is 23.5. The van der Waals surface area contributed by atoms with Crippen molar-refractivity contribution in [2.75, 3.05) is 19.7 Å². The third-order valence-corrected chi connectivity index (χ3v) is 8.22. The standard InChI is InChI=1S/C25H34N2O4S/c1-6-31-22-7-9-23(10-8-22)32(29,30)27-13-11-21(12-14-27)25(28)26-20(5)24-16-18(3)17(2)15-19(24)4/h7-10,15-16,20-21H,6,11-14H2,1-5H3,(H,26,28)/t20-/m1/s1. The molecule has 2 aromatic rings. The highest BCUT2D eigenvalue weighted by atomic mass is 32.2. The normalized spacial score (nSPS) is 16.5. The summed E-state index contributed by atoms with van der Waals surface area (Å²) in [6.45, 7) is 11.3. The van der Waals surface area contributed by atoms with Gasteiger partial charge in [0, 0.05) is 19.0 Å². The van der Waals surface area contributed by atoms with E-state index in [2.05, 4.69) is 38.2 Å².